The lowest BCUT2D eigenvalue weighted by molar-refractivity contribution is 0.0430. The number of amides is 1. The second kappa shape index (κ2) is 8.89. The van der Waals surface area contributed by atoms with Crippen molar-refractivity contribution in [3.05, 3.63) is 29.8 Å². The topological polar surface area (TPSA) is 107 Å². The normalized spacial score (nSPS) is 10.1. The van der Waals surface area contributed by atoms with Crippen LogP contribution in [0, 0.1) is 5.41 Å². The number of hydrogen-bond acceptors (Lipinski definition) is 6. The Labute approximate surface area is 117 Å². The maximum atomic E-state index is 11.4. The fraction of sp³-hybridized carbons (Fsp3) is 0.385. The van der Waals surface area contributed by atoms with Crippen molar-refractivity contribution in [1.82, 2.24) is 5.32 Å². The zero-order valence-corrected chi connectivity index (χ0v) is 11.3. The van der Waals surface area contributed by atoms with Crippen molar-refractivity contribution in [2.75, 3.05) is 39.3 Å². The summed E-state index contributed by atoms with van der Waals surface area (Å²) < 4.78 is 14.8. The molecule has 7 nitrogen and oxygen atoms in total. The molecule has 1 amide bonds. The second-order valence-corrected chi connectivity index (χ2v) is 3.86. The maximum absolute atomic E-state index is 11.4. The summed E-state index contributed by atoms with van der Waals surface area (Å²) in [4.78, 5) is 11.4. The molecule has 0 bridgehead atoms. The van der Waals surface area contributed by atoms with Crippen LogP contribution in [0.4, 0.5) is 10.5 Å². The highest BCUT2D eigenvalue weighted by atomic mass is 16.6. The van der Waals surface area contributed by atoms with Gasteiger partial charge in [-0.2, -0.15) is 0 Å². The van der Waals surface area contributed by atoms with Gasteiger partial charge in [0.05, 0.1) is 19.8 Å². The molecule has 0 saturated carbocycles. The first-order chi connectivity index (χ1) is 9.63. The van der Waals surface area contributed by atoms with Crippen LogP contribution in [0.2, 0.25) is 0 Å². The molecule has 110 valence electrons. The van der Waals surface area contributed by atoms with Crippen molar-refractivity contribution in [2.24, 2.45) is 0 Å². The van der Waals surface area contributed by atoms with E-state index in [9.17, 15) is 4.79 Å². The van der Waals surface area contributed by atoms with Gasteiger partial charge < -0.3 is 19.9 Å². The molecule has 20 heavy (non-hydrogen) atoms. The maximum Gasteiger partial charge on any atom is 0.412 e. The number of alkyl carbamates (subject to hydrolysis) is 1. The van der Waals surface area contributed by atoms with Gasteiger partial charge in [0.25, 0.3) is 0 Å². The highest BCUT2D eigenvalue weighted by molar-refractivity contribution is 6.04. The number of benzene rings is 1. The van der Waals surface area contributed by atoms with Crippen LogP contribution >= 0.6 is 0 Å². The van der Waals surface area contributed by atoms with Crippen molar-refractivity contribution in [1.29, 1.82) is 5.41 Å². The molecule has 0 spiro atoms. The fourth-order valence-electron chi connectivity index (χ4n) is 1.30. The fourth-order valence-corrected chi connectivity index (χ4v) is 1.30. The number of hydrogen-bond donors (Lipinski definition) is 3. The third-order valence-corrected chi connectivity index (χ3v) is 2.32. The van der Waals surface area contributed by atoms with E-state index >= 15 is 0 Å². The van der Waals surface area contributed by atoms with E-state index < -0.39 is 6.09 Å². The summed E-state index contributed by atoms with van der Waals surface area (Å²) in [5.74, 6) is -0.0460. The van der Waals surface area contributed by atoms with Crippen molar-refractivity contribution in [3.63, 3.8) is 0 Å². The van der Waals surface area contributed by atoms with E-state index in [0.29, 0.717) is 24.5 Å². The second-order valence-electron chi connectivity index (χ2n) is 3.86. The number of carbonyl (C=O) groups is 1. The van der Waals surface area contributed by atoms with Crippen molar-refractivity contribution < 1.29 is 19.0 Å². The number of amidine groups is 1. The van der Waals surface area contributed by atoms with Crippen LogP contribution in [0.15, 0.2) is 24.3 Å². The van der Waals surface area contributed by atoms with Gasteiger partial charge in [-0.1, -0.05) is 0 Å². The van der Waals surface area contributed by atoms with Crippen molar-refractivity contribution >= 4 is 17.6 Å². The molecule has 1 rings (SSSR count). The Hall–Kier alpha value is -2.12. The van der Waals surface area contributed by atoms with Crippen molar-refractivity contribution in [2.45, 2.75) is 0 Å². The lowest BCUT2D eigenvalue weighted by Gasteiger charge is -2.08. The van der Waals surface area contributed by atoms with E-state index in [0.717, 1.165) is 0 Å². The smallest absolute Gasteiger partial charge is 0.412 e. The summed E-state index contributed by atoms with van der Waals surface area (Å²) >= 11 is 0. The highest BCUT2D eigenvalue weighted by Gasteiger charge is 2.07. The number of rotatable bonds is 7. The summed E-state index contributed by atoms with van der Waals surface area (Å²) in [6.07, 6.45) is -0.692. The molecule has 7 heteroatoms. The first kappa shape index (κ1) is 15.9. The average molecular weight is 281 g/mol. The molecule has 0 aliphatic carbocycles. The Kier molecular flexibility index (Phi) is 7.08. The number of carbonyl (C=O) groups excluding carboxylic acids is 1. The van der Waals surface area contributed by atoms with Crippen LogP contribution in [-0.4, -0.2) is 45.5 Å². The number of methoxy groups -OCH3 is 1. The number of anilines is 1. The van der Waals surface area contributed by atoms with E-state index in [2.05, 4.69) is 5.32 Å². The van der Waals surface area contributed by atoms with Gasteiger partial charge in [0.15, 0.2) is 0 Å². The van der Waals surface area contributed by atoms with Crippen LogP contribution in [0.25, 0.3) is 0 Å². The molecular formula is C13H19N3O4. The SMILES string of the molecule is COCCOCCOC(=O)NC(=N)c1ccc(N)cc1. The van der Waals surface area contributed by atoms with Crippen LogP contribution in [-0.2, 0) is 14.2 Å². The minimum atomic E-state index is -0.692. The number of nitrogens with two attached hydrogens (primary N) is 1. The standard InChI is InChI=1S/C13H19N3O4/c1-18-6-7-19-8-9-20-13(17)16-12(15)10-2-4-11(14)5-3-10/h2-5H,6-9,14H2,1H3,(H2,15,16,17). The molecule has 0 radical (unpaired) electrons. The summed E-state index contributed by atoms with van der Waals surface area (Å²) in [6, 6.07) is 6.60. The summed E-state index contributed by atoms with van der Waals surface area (Å²) in [5, 5.41) is 10.0. The molecule has 0 heterocycles. The predicted molar refractivity (Wildman–Crippen MR) is 74.9 cm³/mol. The van der Waals surface area contributed by atoms with Crippen LogP contribution in [0.1, 0.15) is 5.56 Å². The summed E-state index contributed by atoms with van der Waals surface area (Å²) in [5.41, 5.74) is 6.68. The largest absolute Gasteiger partial charge is 0.447 e. The zero-order chi connectivity index (χ0) is 14.8. The van der Waals surface area contributed by atoms with Crippen LogP contribution < -0.4 is 11.1 Å². The lowest BCUT2D eigenvalue weighted by Crippen LogP contribution is -2.31. The Morgan fingerprint density at radius 3 is 2.50 bits per heavy atom. The van der Waals surface area contributed by atoms with E-state index in [4.69, 9.17) is 25.4 Å². The molecular weight excluding hydrogens is 262 g/mol. The predicted octanol–water partition coefficient (Wildman–Crippen LogP) is 0.983. The quantitative estimate of drug-likeness (QED) is 0.299. The first-order valence-electron chi connectivity index (χ1n) is 6.08. The third-order valence-electron chi connectivity index (χ3n) is 2.32. The first-order valence-corrected chi connectivity index (χ1v) is 6.08. The zero-order valence-electron chi connectivity index (χ0n) is 11.3. The van der Waals surface area contributed by atoms with E-state index in [-0.39, 0.29) is 19.0 Å². The van der Waals surface area contributed by atoms with Gasteiger partial charge in [-0.05, 0) is 24.3 Å². The molecule has 0 aromatic heterocycles. The number of nitrogens with one attached hydrogen (secondary N) is 2. The molecule has 0 fully saturated rings. The average Bonchev–Trinajstić information content (AvgIpc) is 2.43. The number of nitrogen functional groups attached to an aromatic ring is 1. The Morgan fingerprint density at radius 1 is 1.20 bits per heavy atom. The molecule has 4 N–H and O–H groups in total. The highest BCUT2D eigenvalue weighted by Crippen LogP contribution is 2.05. The third kappa shape index (κ3) is 6.17. The minimum absolute atomic E-state index is 0.0460. The van der Waals surface area contributed by atoms with Crippen LogP contribution in [0.5, 0.6) is 0 Å². The van der Waals surface area contributed by atoms with Gasteiger partial charge in [0, 0.05) is 18.4 Å². The molecule has 1 aromatic carbocycles. The molecule has 1 aromatic rings. The van der Waals surface area contributed by atoms with Gasteiger partial charge >= 0.3 is 6.09 Å². The summed E-state index contributed by atoms with van der Waals surface area (Å²) in [7, 11) is 1.58. The van der Waals surface area contributed by atoms with Crippen LogP contribution in [0.3, 0.4) is 0 Å². The van der Waals surface area contributed by atoms with Gasteiger partial charge in [-0.3, -0.25) is 10.7 Å². The molecule has 0 aliphatic heterocycles. The monoisotopic (exact) mass is 281 g/mol. The van der Waals surface area contributed by atoms with Gasteiger partial charge in [-0.15, -0.1) is 0 Å². The van der Waals surface area contributed by atoms with Gasteiger partial charge in [0.1, 0.15) is 12.4 Å². The van der Waals surface area contributed by atoms with Gasteiger partial charge in [0.2, 0.25) is 0 Å². The minimum Gasteiger partial charge on any atom is -0.447 e. The molecule has 0 unspecified atom stereocenters. The van der Waals surface area contributed by atoms with Crippen molar-refractivity contribution in [3.8, 4) is 0 Å². The van der Waals surface area contributed by atoms with Gasteiger partial charge in [-0.25, -0.2) is 4.79 Å². The molecule has 0 saturated heterocycles. The molecule has 0 aliphatic rings. The van der Waals surface area contributed by atoms with E-state index in [1.54, 1.807) is 31.4 Å². The Bertz CT molecular complexity index is 434. The number of ether oxygens (including phenoxy) is 3. The summed E-state index contributed by atoms with van der Waals surface area (Å²) in [6.45, 7) is 1.34. The Balaban J connectivity index is 2.21. The Morgan fingerprint density at radius 2 is 1.85 bits per heavy atom. The van der Waals surface area contributed by atoms with E-state index in [1.807, 2.05) is 0 Å². The molecule has 0 atom stereocenters. The lowest BCUT2D eigenvalue weighted by atomic mass is 10.2. The van der Waals surface area contributed by atoms with E-state index in [1.165, 1.54) is 0 Å².